The van der Waals surface area contributed by atoms with Gasteiger partial charge < -0.3 is 15.2 Å². The summed E-state index contributed by atoms with van der Waals surface area (Å²) in [5.74, 6) is 0.674. The van der Waals surface area contributed by atoms with E-state index in [9.17, 15) is 0 Å². The molecule has 0 amide bonds. The summed E-state index contributed by atoms with van der Waals surface area (Å²) in [4.78, 5) is 2.44. The Hall–Kier alpha value is -0.160. The predicted molar refractivity (Wildman–Crippen MR) is 70.1 cm³/mol. The Bertz CT molecular complexity index is 198. The summed E-state index contributed by atoms with van der Waals surface area (Å²) in [6.07, 6.45) is 2.74. The Morgan fingerprint density at radius 1 is 1.12 bits per heavy atom. The van der Waals surface area contributed by atoms with Crippen LogP contribution in [0.1, 0.15) is 26.7 Å². The molecule has 0 saturated carbocycles. The lowest BCUT2D eigenvalue weighted by atomic mass is 9.93. The summed E-state index contributed by atoms with van der Waals surface area (Å²) < 4.78 is 11.0. The van der Waals surface area contributed by atoms with Crippen LogP contribution in [0.25, 0.3) is 0 Å². The van der Waals surface area contributed by atoms with Crippen LogP contribution in [-0.4, -0.2) is 57.0 Å². The largest absolute Gasteiger partial charge is 0.377 e. The van der Waals surface area contributed by atoms with E-state index in [4.69, 9.17) is 15.2 Å². The molecular formula is C13H28N2O2. The van der Waals surface area contributed by atoms with E-state index in [0.717, 1.165) is 19.6 Å². The highest BCUT2D eigenvalue weighted by Crippen LogP contribution is 2.24. The van der Waals surface area contributed by atoms with Gasteiger partial charge in [0, 0.05) is 39.9 Å². The molecule has 1 fully saturated rings. The number of nitrogens with two attached hydrogens (primary N) is 1. The maximum atomic E-state index is 5.96. The number of ether oxygens (including phenoxy) is 2. The van der Waals surface area contributed by atoms with Gasteiger partial charge in [-0.15, -0.1) is 0 Å². The van der Waals surface area contributed by atoms with Crippen molar-refractivity contribution < 1.29 is 9.47 Å². The Morgan fingerprint density at radius 3 is 1.88 bits per heavy atom. The summed E-state index contributed by atoms with van der Waals surface area (Å²) in [6.45, 7) is 7.09. The van der Waals surface area contributed by atoms with Crippen LogP contribution in [0, 0.1) is 5.92 Å². The normalized spacial score (nSPS) is 27.9. The van der Waals surface area contributed by atoms with Crippen molar-refractivity contribution in [3.05, 3.63) is 0 Å². The van der Waals surface area contributed by atoms with Crippen molar-refractivity contribution in [2.75, 3.05) is 33.9 Å². The van der Waals surface area contributed by atoms with Gasteiger partial charge >= 0.3 is 0 Å². The Labute approximate surface area is 105 Å². The van der Waals surface area contributed by atoms with Crippen LogP contribution in [0.2, 0.25) is 0 Å². The molecule has 4 heteroatoms. The third-order valence-corrected chi connectivity index (χ3v) is 4.15. The van der Waals surface area contributed by atoms with Crippen molar-refractivity contribution in [1.82, 2.24) is 4.90 Å². The number of methoxy groups -OCH3 is 2. The first kappa shape index (κ1) is 14.9. The SMILES string of the molecule is CCC(CC)C(CN)N1CC(OC)C(OC)C1. The summed E-state index contributed by atoms with van der Waals surface area (Å²) in [6, 6.07) is 0.461. The lowest BCUT2D eigenvalue weighted by molar-refractivity contribution is -0.00461. The predicted octanol–water partition coefficient (Wildman–Crippen LogP) is 1.10. The molecule has 2 N–H and O–H groups in total. The molecule has 4 nitrogen and oxygen atoms in total. The van der Waals surface area contributed by atoms with Crippen molar-refractivity contribution in [2.45, 2.75) is 44.9 Å². The fourth-order valence-corrected chi connectivity index (χ4v) is 2.97. The maximum absolute atomic E-state index is 5.96. The lowest BCUT2D eigenvalue weighted by Crippen LogP contribution is -2.44. The number of rotatable bonds is 7. The molecule has 0 aliphatic carbocycles. The van der Waals surface area contributed by atoms with Gasteiger partial charge in [-0.2, -0.15) is 0 Å². The molecule has 3 unspecified atom stereocenters. The second kappa shape index (κ2) is 7.31. The summed E-state index contributed by atoms with van der Waals surface area (Å²) in [5, 5.41) is 0. The average Bonchev–Trinajstić information content (AvgIpc) is 2.78. The number of likely N-dealkylation sites (tertiary alicyclic amines) is 1. The van der Waals surface area contributed by atoms with Gasteiger partial charge in [0.2, 0.25) is 0 Å². The van der Waals surface area contributed by atoms with Crippen LogP contribution in [0.4, 0.5) is 0 Å². The number of hydrogen-bond acceptors (Lipinski definition) is 4. The summed E-state index contributed by atoms with van der Waals surface area (Å²) >= 11 is 0. The van der Waals surface area contributed by atoms with Gasteiger partial charge in [0.25, 0.3) is 0 Å². The van der Waals surface area contributed by atoms with Crippen molar-refractivity contribution in [2.24, 2.45) is 11.7 Å². The molecule has 0 radical (unpaired) electrons. The second-order valence-electron chi connectivity index (χ2n) is 4.88. The highest BCUT2D eigenvalue weighted by Gasteiger charge is 2.37. The molecule has 3 atom stereocenters. The van der Waals surface area contributed by atoms with Crippen LogP contribution < -0.4 is 5.73 Å². The van der Waals surface area contributed by atoms with Gasteiger partial charge in [0.05, 0.1) is 12.2 Å². The Kier molecular flexibility index (Phi) is 6.41. The molecule has 0 aromatic carbocycles. The van der Waals surface area contributed by atoms with E-state index in [1.807, 2.05) is 0 Å². The molecule has 0 aromatic rings. The van der Waals surface area contributed by atoms with Gasteiger partial charge in [-0.05, 0) is 5.92 Å². The van der Waals surface area contributed by atoms with Crippen molar-refractivity contribution in [1.29, 1.82) is 0 Å². The standard InChI is InChI=1S/C13H28N2O2/c1-5-10(6-2)11(7-14)15-8-12(16-3)13(9-15)17-4/h10-13H,5-9,14H2,1-4H3. The minimum absolute atomic E-state index is 0.184. The first-order valence-electron chi connectivity index (χ1n) is 6.71. The average molecular weight is 244 g/mol. The molecule has 0 spiro atoms. The first-order valence-corrected chi connectivity index (χ1v) is 6.71. The minimum Gasteiger partial charge on any atom is -0.377 e. The third-order valence-electron chi connectivity index (χ3n) is 4.15. The van der Waals surface area contributed by atoms with E-state index in [1.165, 1.54) is 12.8 Å². The van der Waals surface area contributed by atoms with Crippen molar-refractivity contribution in [3.63, 3.8) is 0 Å². The van der Waals surface area contributed by atoms with Crippen molar-refractivity contribution in [3.8, 4) is 0 Å². The molecule has 1 rings (SSSR count). The van der Waals surface area contributed by atoms with E-state index >= 15 is 0 Å². The second-order valence-corrected chi connectivity index (χ2v) is 4.88. The molecule has 0 bridgehead atoms. The van der Waals surface area contributed by atoms with E-state index in [1.54, 1.807) is 14.2 Å². The quantitative estimate of drug-likeness (QED) is 0.728. The monoisotopic (exact) mass is 244 g/mol. The van der Waals surface area contributed by atoms with Gasteiger partial charge in [0.1, 0.15) is 0 Å². The maximum Gasteiger partial charge on any atom is 0.0971 e. The number of hydrogen-bond donors (Lipinski definition) is 1. The highest BCUT2D eigenvalue weighted by molar-refractivity contribution is 4.91. The molecule has 17 heavy (non-hydrogen) atoms. The highest BCUT2D eigenvalue weighted by atomic mass is 16.5. The lowest BCUT2D eigenvalue weighted by Gasteiger charge is -2.32. The van der Waals surface area contributed by atoms with Crippen LogP contribution in [0.15, 0.2) is 0 Å². The minimum atomic E-state index is 0.184. The van der Waals surface area contributed by atoms with Gasteiger partial charge in [-0.3, -0.25) is 4.90 Å². The van der Waals surface area contributed by atoms with E-state index in [-0.39, 0.29) is 12.2 Å². The molecular weight excluding hydrogens is 216 g/mol. The fraction of sp³-hybridized carbons (Fsp3) is 1.00. The Balaban J connectivity index is 2.65. The number of nitrogens with zero attached hydrogens (tertiary/aromatic N) is 1. The van der Waals surface area contributed by atoms with E-state index in [0.29, 0.717) is 12.0 Å². The van der Waals surface area contributed by atoms with Gasteiger partial charge in [-0.25, -0.2) is 0 Å². The van der Waals surface area contributed by atoms with E-state index < -0.39 is 0 Å². The topological polar surface area (TPSA) is 47.7 Å². The molecule has 1 aliphatic rings. The molecule has 1 aliphatic heterocycles. The van der Waals surface area contributed by atoms with Crippen LogP contribution in [0.5, 0.6) is 0 Å². The molecule has 1 saturated heterocycles. The zero-order valence-corrected chi connectivity index (χ0v) is 11.7. The molecule has 0 aromatic heterocycles. The van der Waals surface area contributed by atoms with Crippen LogP contribution in [0.3, 0.4) is 0 Å². The van der Waals surface area contributed by atoms with Crippen LogP contribution >= 0.6 is 0 Å². The van der Waals surface area contributed by atoms with Gasteiger partial charge in [-0.1, -0.05) is 26.7 Å². The Morgan fingerprint density at radius 2 is 1.59 bits per heavy atom. The van der Waals surface area contributed by atoms with Gasteiger partial charge in [0.15, 0.2) is 0 Å². The first-order chi connectivity index (χ1) is 8.21. The summed E-state index contributed by atoms with van der Waals surface area (Å²) in [5.41, 5.74) is 5.96. The smallest absolute Gasteiger partial charge is 0.0971 e. The molecule has 102 valence electrons. The van der Waals surface area contributed by atoms with E-state index in [2.05, 4.69) is 18.7 Å². The van der Waals surface area contributed by atoms with Crippen LogP contribution in [-0.2, 0) is 9.47 Å². The molecule has 1 heterocycles. The fourth-order valence-electron chi connectivity index (χ4n) is 2.97. The zero-order chi connectivity index (χ0) is 12.8. The third kappa shape index (κ3) is 3.41. The summed E-state index contributed by atoms with van der Waals surface area (Å²) in [7, 11) is 3.52. The van der Waals surface area contributed by atoms with Crippen molar-refractivity contribution >= 4 is 0 Å². The zero-order valence-electron chi connectivity index (χ0n) is 11.7.